The van der Waals surface area contributed by atoms with E-state index in [4.69, 9.17) is 4.74 Å². The van der Waals surface area contributed by atoms with Crippen molar-refractivity contribution in [1.29, 1.82) is 0 Å². The summed E-state index contributed by atoms with van der Waals surface area (Å²) in [5.41, 5.74) is -4.54. The number of aromatic nitrogens is 2. The van der Waals surface area contributed by atoms with Crippen LogP contribution >= 0.6 is 0 Å². The highest BCUT2D eigenvalue weighted by Crippen LogP contribution is 2.43. The van der Waals surface area contributed by atoms with Crippen LogP contribution in [-0.2, 0) is 4.74 Å². The van der Waals surface area contributed by atoms with E-state index in [0.717, 1.165) is 16.8 Å². The van der Waals surface area contributed by atoms with Crippen molar-refractivity contribution in [2.45, 2.75) is 37.4 Å². The Morgan fingerprint density at radius 1 is 1.47 bits per heavy atom. The summed E-state index contributed by atoms with van der Waals surface area (Å²) in [7, 11) is 0. The third-order valence-electron chi connectivity index (χ3n) is 3.43. The maximum absolute atomic E-state index is 11.7. The topological polar surface area (TPSA) is 125 Å². The largest absolute Gasteiger partial charge is 0.393 e. The van der Waals surface area contributed by atoms with E-state index < -0.39 is 41.4 Å². The minimum atomic E-state index is -1.79. The second-order valence-corrected chi connectivity index (χ2v) is 5.09. The van der Waals surface area contributed by atoms with Crippen molar-refractivity contribution in [1.82, 2.24) is 9.55 Å². The second kappa shape index (κ2) is 4.27. The fraction of sp³-hybridized carbons (Fsp3) is 0.636. The van der Waals surface area contributed by atoms with Crippen LogP contribution < -0.4 is 11.2 Å². The fourth-order valence-electron chi connectivity index (χ4n) is 2.27. The Bertz CT molecular complexity index is 591. The Morgan fingerprint density at radius 2 is 2.11 bits per heavy atom. The Balaban J connectivity index is 2.51. The summed E-state index contributed by atoms with van der Waals surface area (Å²) >= 11 is 0. The van der Waals surface area contributed by atoms with Crippen LogP contribution in [-0.4, -0.2) is 48.8 Å². The van der Waals surface area contributed by atoms with Crippen molar-refractivity contribution in [3.8, 4) is 0 Å². The average molecular weight is 272 g/mol. The van der Waals surface area contributed by atoms with Crippen molar-refractivity contribution in [2.24, 2.45) is 0 Å². The lowest BCUT2D eigenvalue weighted by Gasteiger charge is -2.28. The Hall–Kier alpha value is -1.48. The summed E-state index contributed by atoms with van der Waals surface area (Å²) in [6, 6.07) is 1.10. The number of aromatic amines is 1. The van der Waals surface area contributed by atoms with E-state index in [9.17, 15) is 24.9 Å². The highest BCUT2D eigenvalue weighted by molar-refractivity contribution is 5.06. The van der Waals surface area contributed by atoms with Crippen LogP contribution in [0.15, 0.2) is 21.9 Å². The number of nitrogens with one attached hydrogen (secondary N) is 1. The zero-order chi connectivity index (χ0) is 14.4. The van der Waals surface area contributed by atoms with Gasteiger partial charge in [0.2, 0.25) is 0 Å². The van der Waals surface area contributed by atoms with E-state index in [-0.39, 0.29) is 0 Å². The molecule has 1 aromatic heterocycles. The molecular formula is C11H16N2O6. The minimum absolute atomic E-state index is 0.529. The molecule has 1 saturated heterocycles. The molecule has 19 heavy (non-hydrogen) atoms. The molecule has 1 aliphatic rings. The Kier molecular flexibility index (Phi) is 3.13. The number of hydrogen-bond acceptors (Lipinski definition) is 6. The first-order valence-electron chi connectivity index (χ1n) is 5.73. The molecule has 0 spiro atoms. The molecule has 8 nitrogen and oxygen atoms in total. The zero-order valence-corrected chi connectivity index (χ0v) is 10.5. The number of aliphatic hydroxyl groups excluding tert-OH is 2. The number of hydrogen-bond donors (Lipinski definition) is 4. The van der Waals surface area contributed by atoms with Gasteiger partial charge in [0.15, 0.2) is 6.23 Å². The molecule has 0 saturated carbocycles. The van der Waals surface area contributed by atoms with Gasteiger partial charge in [0.25, 0.3) is 5.56 Å². The van der Waals surface area contributed by atoms with E-state index in [2.05, 4.69) is 0 Å². The normalized spacial score (nSPS) is 38.6. The number of H-pyrrole nitrogens is 1. The molecule has 4 atom stereocenters. The van der Waals surface area contributed by atoms with Gasteiger partial charge in [0, 0.05) is 12.3 Å². The summed E-state index contributed by atoms with van der Waals surface area (Å²) in [6.07, 6.45) is -1.45. The van der Waals surface area contributed by atoms with Crippen molar-refractivity contribution >= 4 is 0 Å². The van der Waals surface area contributed by atoms with Gasteiger partial charge in [-0.25, -0.2) is 4.79 Å². The zero-order valence-electron chi connectivity index (χ0n) is 10.5. The molecule has 2 rings (SSSR count). The number of aliphatic hydroxyl groups is 3. The van der Waals surface area contributed by atoms with Crippen LogP contribution in [0.4, 0.5) is 0 Å². The van der Waals surface area contributed by atoms with Gasteiger partial charge in [-0.3, -0.25) is 14.3 Å². The average Bonchev–Trinajstić information content (AvgIpc) is 2.51. The lowest BCUT2D eigenvalue weighted by atomic mass is 9.89. The van der Waals surface area contributed by atoms with Crippen molar-refractivity contribution in [2.75, 3.05) is 6.61 Å². The van der Waals surface area contributed by atoms with E-state index in [0.29, 0.717) is 0 Å². The summed E-state index contributed by atoms with van der Waals surface area (Å²) in [6.45, 7) is 2.18. The molecule has 0 bridgehead atoms. The molecule has 0 amide bonds. The van der Waals surface area contributed by atoms with Crippen LogP contribution in [0.3, 0.4) is 0 Å². The molecule has 0 aliphatic carbocycles. The van der Waals surface area contributed by atoms with Crippen LogP contribution in [0.25, 0.3) is 0 Å². The highest BCUT2D eigenvalue weighted by atomic mass is 16.6. The van der Waals surface area contributed by atoms with E-state index in [1.807, 2.05) is 4.98 Å². The van der Waals surface area contributed by atoms with E-state index >= 15 is 0 Å². The van der Waals surface area contributed by atoms with E-state index in [1.54, 1.807) is 0 Å². The molecule has 1 aromatic rings. The second-order valence-electron chi connectivity index (χ2n) is 5.09. The summed E-state index contributed by atoms with van der Waals surface area (Å²) in [5, 5.41) is 29.6. The smallest absolute Gasteiger partial charge is 0.330 e. The first-order valence-corrected chi connectivity index (χ1v) is 5.73. The molecule has 4 N–H and O–H groups in total. The van der Waals surface area contributed by atoms with Gasteiger partial charge in [-0.1, -0.05) is 0 Å². The SMILES string of the molecule is CC1(CO)OC(n2ccc(=O)[nH]c2=O)C(C)(O)C1O. The van der Waals surface area contributed by atoms with Gasteiger partial charge in [-0.2, -0.15) is 0 Å². The number of rotatable bonds is 2. The van der Waals surface area contributed by atoms with Crippen LogP contribution in [0, 0.1) is 0 Å². The van der Waals surface area contributed by atoms with Gasteiger partial charge >= 0.3 is 5.69 Å². The molecule has 1 fully saturated rings. The standard InChI is InChI=1S/C11H16N2O6/c1-10(5-14)7(16)11(2,18)8(19-10)13-4-3-6(15)12-9(13)17/h3-4,7-8,14,16,18H,5H2,1-2H3,(H,12,15,17). The van der Waals surface area contributed by atoms with E-state index in [1.165, 1.54) is 13.8 Å². The molecule has 2 heterocycles. The minimum Gasteiger partial charge on any atom is -0.393 e. The molecule has 8 heteroatoms. The highest BCUT2D eigenvalue weighted by Gasteiger charge is 2.59. The van der Waals surface area contributed by atoms with Gasteiger partial charge < -0.3 is 20.1 Å². The predicted molar refractivity (Wildman–Crippen MR) is 63.6 cm³/mol. The monoisotopic (exact) mass is 272 g/mol. The number of nitrogens with zero attached hydrogens (tertiary/aromatic N) is 1. The van der Waals surface area contributed by atoms with Crippen molar-refractivity contribution in [3.63, 3.8) is 0 Å². The lowest BCUT2D eigenvalue weighted by molar-refractivity contribution is -0.122. The van der Waals surface area contributed by atoms with Crippen molar-refractivity contribution in [3.05, 3.63) is 33.1 Å². The molecule has 1 aliphatic heterocycles. The predicted octanol–water partition coefficient (Wildman–Crippen LogP) is -2.07. The van der Waals surface area contributed by atoms with Crippen LogP contribution in [0.1, 0.15) is 20.1 Å². The first kappa shape index (κ1) is 13.9. The molecule has 0 radical (unpaired) electrons. The quantitative estimate of drug-likeness (QED) is 0.490. The molecular weight excluding hydrogens is 256 g/mol. The van der Waals surface area contributed by atoms with Crippen molar-refractivity contribution < 1.29 is 20.1 Å². The van der Waals surface area contributed by atoms with Crippen LogP contribution in [0.2, 0.25) is 0 Å². The van der Waals surface area contributed by atoms with Gasteiger partial charge in [-0.15, -0.1) is 0 Å². The van der Waals surface area contributed by atoms with Gasteiger partial charge in [-0.05, 0) is 13.8 Å². The van der Waals surface area contributed by atoms with Gasteiger partial charge in [0.1, 0.15) is 17.3 Å². The third-order valence-corrected chi connectivity index (χ3v) is 3.43. The van der Waals surface area contributed by atoms with Gasteiger partial charge in [0.05, 0.1) is 6.61 Å². The Morgan fingerprint density at radius 3 is 2.58 bits per heavy atom. The third kappa shape index (κ3) is 2.02. The fourth-order valence-corrected chi connectivity index (χ4v) is 2.27. The molecule has 0 aromatic carbocycles. The molecule has 106 valence electrons. The Labute approximate surface area is 107 Å². The summed E-state index contributed by atoms with van der Waals surface area (Å²) < 4.78 is 6.39. The maximum atomic E-state index is 11.7. The van der Waals surface area contributed by atoms with Crippen LogP contribution in [0.5, 0.6) is 0 Å². The lowest BCUT2D eigenvalue weighted by Crippen LogP contribution is -2.50. The number of ether oxygens (including phenoxy) is 1. The maximum Gasteiger partial charge on any atom is 0.330 e. The molecule has 4 unspecified atom stereocenters. The first-order chi connectivity index (χ1) is 8.72. The summed E-state index contributed by atoms with van der Waals surface area (Å²) in [5.74, 6) is 0. The summed E-state index contributed by atoms with van der Waals surface area (Å²) in [4.78, 5) is 24.7.